The van der Waals surface area contributed by atoms with Crippen LogP contribution in [-0.2, 0) is 0 Å². The molecule has 0 saturated carbocycles. The number of aromatic amines is 1. The molecule has 0 unspecified atom stereocenters. The molecule has 0 atom stereocenters. The van der Waals surface area contributed by atoms with Crippen molar-refractivity contribution in [2.45, 2.75) is 6.92 Å². The number of primary amides is 1. The van der Waals surface area contributed by atoms with E-state index >= 15 is 0 Å². The van der Waals surface area contributed by atoms with Gasteiger partial charge in [-0.1, -0.05) is 0 Å². The van der Waals surface area contributed by atoms with E-state index in [9.17, 15) is 9.59 Å². The second-order valence-electron chi connectivity index (χ2n) is 4.08. The number of urea groups is 1. The summed E-state index contributed by atoms with van der Waals surface area (Å²) in [5.41, 5.74) is 6.58. The number of amides is 2. The number of carbonyl (C=O) groups excluding carboxylic acids is 1. The number of hydrogen-bond donors (Lipinski definition) is 2. The molecule has 0 aliphatic heterocycles. The molecule has 2 heterocycles. The number of hydrogen-bond acceptors (Lipinski definition) is 5. The first-order chi connectivity index (χ1) is 9.43. The van der Waals surface area contributed by atoms with Crippen molar-refractivity contribution in [2.75, 3.05) is 11.9 Å². The van der Waals surface area contributed by atoms with Gasteiger partial charge in [0.15, 0.2) is 5.13 Å². The first kappa shape index (κ1) is 13.8. The van der Waals surface area contributed by atoms with E-state index in [1.54, 1.807) is 12.3 Å². The molecule has 20 heavy (non-hydrogen) atoms. The molecule has 0 radical (unpaired) electrons. The number of aromatic nitrogens is 2. The molecule has 0 fully saturated rings. The third-order valence-electron chi connectivity index (χ3n) is 2.74. The van der Waals surface area contributed by atoms with Gasteiger partial charge in [0.2, 0.25) is 0 Å². The van der Waals surface area contributed by atoms with Crippen LogP contribution in [0, 0.1) is 18.3 Å². The van der Waals surface area contributed by atoms with Gasteiger partial charge < -0.3 is 10.7 Å². The first-order valence-corrected chi connectivity index (χ1v) is 6.45. The Bertz CT molecular complexity index is 771. The average molecular weight is 289 g/mol. The van der Waals surface area contributed by atoms with Crippen LogP contribution in [0.25, 0.3) is 11.3 Å². The zero-order valence-corrected chi connectivity index (χ0v) is 11.6. The fourth-order valence-corrected chi connectivity index (χ4v) is 2.40. The Balaban J connectivity index is 2.51. The van der Waals surface area contributed by atoms with Gasteiger partial charge in [0, 0.05) is 23.7 Å². The van der Waals surface area contributed by atoms with Crippen molar-refractivity contribution in [3.05, 3.63) is 33.1 Å². The lowest BCUT2D eigenvalue weighted by molar-refractivity contribution is 0.255. The first-order valence-electron chi connectivity index (χ1n) is 5.57. The third kappa shape index (κ3) is 2.39. The quantitative estimate of drug-likeness (QED) is 0.863. The minimum absolute atomic E-state index is 0.0170. The van der Waals surface area contributed by atoms with Crippen LogP contribution in [0.3, 0.4) is 0 Å². The number of anilines is 1. The van der Waals surface area contributed by atoms with E-state index in [0.29, 0.717) is 22.1 Å². The van der Waals surface area contributed by atoms with Crippen molar-refractivity contribution < 1.29 is 4.79 Å². The lowest BCUT2D eigenvalue weighted by Gasteiger charge is -2.09. The van der Waals surface area contributed by atoms with Crippen LogP contribution in [0.5, 0.6) is 0 Å². The van der Waals surface area contributed by atoms with Crippen LogP contribution in [0.2, 0.25) is 0 Å². The van der Waals surface area contributed by atoms with Crippen LogP contribution in [0.4, 0.5) is 9.93 Å². The van der Waals surface area contributed by atoms with E-state index in [1.807, 2.05) is 6.07 Å². The van der Waals surface area contributed by atoms with E-state index in [0.717, 1.165) is 0 Å². The number of nitrogens with two attached hydrogens (primary N) is 1. The van der Waals surface area contributed by atoms with Gasteiger partial charge in [-0.05, 0) is 13.0 Å². The summed E-state index contributed by atoms with van der Waals surface area (Å²) in [7, 11) is 1.52. The molecular weight excluding hydrogens is 278 g/mol. The summed E-state index contributed by atoms with van der Waals surface area (Å²) >= 11 is 1.25. The van der Waals surface area contributed by atoms with Crippen molar-refractivity contribution in [3.63, 3.8) is 0 Å². The number of H-pyrrole nitrogens is 1. The summed E-state index contributed by atoms with van der Waals surface area (Å²) < 4.78 is 0. The normalized spacial score (nSPS) is 10.1. The fourth-order valence-electron chi connectivity index (χ4n) is 1.61. The Morgan fingerprint density at radius 1 is 1.60 bits per heavy atom. The number of nitrogens with zero attached hydrogens (tertiary/aromatic N) is 3. The molecule has 0 aliphatic rings. The van der Waals surface area contributed by atoms with E-state index in [1.165, 1.54) is 29.4 Å². The molecule has 7 nitrogen and oxygen atoms in total. The highest BCUT2D eigenvalue weighted by molar-refractivity contribution is 7.14. The number of nitriles is 1. The Morgan fingerprint density at radius 3 is 2.90 bits per heavy atom. The highest BCUT2D eigenvalue weighted by Gasteiger charge is 2.14. The molecule has 2 aromatic rings. The van der Waals surface area contributed by atoms with Crippen LogP contribution < -0.4 is 16.2 Å². The van der Waals surface area contributed by atoms with Gasteiger partial charge in [-0.3, -0.25) is 9.69 Å². The highest BCUT2D eigenvalue weighted by atomic mass is 32.1. The van der Waals surface area contributed by atoms with Crippen LogP contribution in [0.15, 0.2) is 16.2 Å². The maximum absolute atomic E-state index is 11.5. The second kappa shape index (κ2) is 5.14. The molecule has 0 spiro atoms. The van der Waals surface area contributed by atoms with E-state index < -0.39 is 11.6 Å². The maximum atomic E-state index is 11.5. The van der Waals surface area contributed by atoms with Crippen molar-refractivity contribution in [1.29, 1.82) is 5.26 Å². The largest absolute Gasteiger partial charge is 0.351 e. The van der Waals surface area contributed by atoms with Crippen molar-refractivity contribution in [2.24, 2.45) is 5.73 Å². The highest BCUT2D eigenvalue weighted by Crippen LogP contribution is 2.28. The van der Waals surface area contributed by atoms with Gasteiger partial charge in [0.25, 0.3) is 5.56 Å². The summed E-state index contributed by atoms with van der Waals surface area (Å²) in [6.45, 7) is 1.72. The number of aryl methyl sites for hydroxylation is 1. The molecule has 2 amide bonds. The van der Waals surface area contributed by atoms with Crippen LogP contribution in [-0.4, -0.2) is 23.0 Å². The van der Waals surface area contributed by atoms with Crippen molar-refractivity contribution in [3.8, 4) is 17.3 Å². The van der Waals surface area contributed by atoms with E-state index in [2.05, 4.69) is 9.97 Å². The molecular formula is C12H11N5O2S. The molecule has 0 aliphatic carbocycles. The molecule has 2 rings (SSSR count). The Kier molecular flexibility index (Phi) is 3.54. The van der Waals surface area contributed by atoms with Gasteiger partial charge in [0.05, 0.1) is 5.69 Å². The van der Waals surface area contributed by atoms with Gasteiger partial charge in [-0.15, -0.1) is 11.3 Å². The number of carbonyl (C=O) groups is 1. The zero-order chi connectivity index (χ0) is 14.9. The van der Waals surface area contributed by atoms with E-state index in [4.69, 9.17) is 11.0 Å². The minimum Gasteiger partial charge on any atom is -0.351 e. The van der Waals surface area contributed by atoms with Crippen LogP contribution >= 0.6 is 11.3 Å². The smallest absolute Gasteiger partial charge is 0.320 e. The predicted octanol–water partition coefficient (Wildman–Crippen LogP) is 1.19. The number of pyridine rings is 1. The lowest BCUT2D eigenvalue weighted by Crippen LogP contribution is -2.31. The SMILES string of the molecule is Cc1[nH]c(=O)c(C#N)cc1-c1csc(N(C)C(N)=O)n1. The molecule has 102 valence electrons. The Hall–Kier alpha value is -2.66. The fraction of sp³-hybridized carbons (Fsp3) is 0.167. The predicted molar refractivity (Wildman–Crippen MR) is 75.6 cm³/mol. The monoisotopic (exact) mass is 289 g/mol. The van der Waals surface area contributed by atoms with Gasteiger partial charge in [0.1, 0.15) is 11.6 Å². The summed E-state index contributed by atoms with van der Waals surface area (Å²) in [5, 5.41) is 11.1. The standard InChI is InChI=1S/C12H11N5O2S/c1-6-8(3-7(4-13)10(18)15-6)9-5-20-12(16-9)17(2)11(14)19/h3,5H,1-2H3,(H2,14,19)(H,15,18). The topological polar surface area (TPSA) is 116 Å². The number of thiazole rings is 1. The summed E-state index contributed by atoms with van der Waals surface area (Å²) in [6.07, 6.45) is 0. The Labute approximate surface area is 118 Å². The average Bonchev–Trinajstić information content (AvgIpc) is 2.87. The second-order valence-corrected chi connectivity index (χ2v) is 4.91. The number of nitrogens with one attached hydrogen (secondary N) is 1. The molecule has 8 heteroatoms. The molecule has 0 saturated heterocycles. The summed E-state index contributed by atoms with van der Waals surface area (Å²) in [4.78, 5) is 30.7. The van der Waals surface area contributed by atoms with Crippen molar-refractivity contribution >= 4 is 22.5 Å². The molecule has 3 N–H and O–H groups in total. The summed E-state index contributed by atoms with van der Waals surface area (Å²) in [6, 6.07) is 2.70. The van der Waals surface area contributed by atoms with Gasteiger partial charge >= 0.3 is 6.03 Å². The Morgan fingerprint density at radius 2 is 2.30 bits per heavy atom. The molecule has 0 aromatic carbocycles. The zero-order valence-electron chi connectivity index (χ0n) is 10.8. The molecule has 2 aromatic heterocycles. The minimum atomic E-state index is -0.609. The molecule has 0 bridgehead atoms. The van der Waals surface area contributed by atoms with Crippen molar-refractivity contribution in [1.82, 2.24) is 9.97 Å². The maximum Gasteiger partial charge on any atom is 0.320 e. The number of rotatable bonds is 2. The van der Waals surface area contributed by atoms with Crippen LogP contribution in [0.1, 0.15) is 11.3 Å². The van der Waals surface area contributed by atoms with Gasteiger partial charge in [-0.2, -0.15) is 5.26 Å². The summed E-state index contributed by atoms with van der Waals surface area (Å²) in [5.74, 6) is 0. The lowest BCUT2D eigenvalue weighted by atomic mass is 10.1. The van der Waals surface area contributed by atoms with E-state index in [-0.39, 0.29) is 5.56 Å². The van der Waals surface area contributed by atoms with Gasteiger partial charge in [-0.25, -0.2) is 9.78 Å². The third-order valence-corrected chi connectivity index (χ3v) is 3.66.